The average molecular weight is 352 g/mol. The summed E-state index contributed by atoms with van der Waals surface area (Å²) < 4.78 is 5.67. The Morgan fingerprint density at radius 2 is 1.96 bits per heavy atom. The van der Waals surface area contributed by atoms with Crippen molar-refractivity contribution < 1.29 is 14.3 Å². The summed E-state index contributed by atoms with van der Waals surface area (Å²) in [6.45, 7) is 5.98. The number of fused-ring (bicyclic) bond motifs is 1. The molecular weight excluding hydrogens is 328 g/mol. The molecule has 26 heavy (non-hydrogen) atoms. The van der Waals surface area contributed by atoms with Gasteiger partial charge in [0.25, 0.3) is 5.91 Å². The number of carbonyl (C=O) groups is 2. The first kappa shape index (κ1) is 18.0. The normalized spacial score (nSPS) is 17.3. The van der Waals surface area contributed by atoms with E-state index in [1.54, 1.807) is 11.8 Å². The lowest BCUT2D eigenvalue weighted by Crippen LogP contribution is -2.46. The minimum absolute atomic E-state index is 0.0717. The number of anilines is 1. The van der Waals surface area contributed by atoms with E-state index < -0.39 is 6.10 Å². The van der Waals surface area contributed by atoms with Gasteiger partial charge >= 0.3 is 0 Å². The first-order valence-corrected chi connectivity index (χ1v) is 8.88. The van der Waals surface area contributed by atoms with Gasteiger partial charge in [-0.3, -0.25) is 9.59 Å². The first-order chi connectivity index (χ1) is 12.5. The van der Waals surface area contributed by atoms with Crippen LogP contribution in [-0.2, 0) is 9.59 Å². The Balaban J connectivity index is 1.66. The lowest BCUT2D eigenvalue weighted by molar-refractivity contribution is -0.125. The van der Waals surface area contributed by atoms with Crippen molar-refractivity contribution in [3.05, 3.63) is 59.7 Å². The zero-order valence-corrected chi connectivity index (χ0v) is 15.4. The summed E-state index contributed by atoms with van der Waals surface area (Å²) in [4.78, 5) is 26.5. The van der Waals surface area contributed by atoms with Crippen molar-refractivity contribution in [2.75, 3.05) is 11.4 Å². The van der Waals surface area contributed by atoms with Gasteiger partial charge in [-0.1, -0.05) is 36.4 Å². The van der Waals surface area contributed by atoms with Gasteiger partial charge in [0, 0.05) is 13.0 Å². The number of nitrogens with zero attached hydrogens (tertiary/aromatic N) is 1. The van der Waals surface area contributed by atoms with Crippen LogP contribution < -0.4 is 15.0 Å². The van der Waals surface area contributed by atoms with Crippen molar-refractivity contribution in [3.63, 3.8) is 0 Å². The fourth-order valence-electron chi connectivity index (χ4n) is 3.10. The van der Waals surface area contributed by atoms with E-state index in [9.17, 15) is 9.59 Å². The van der Waals surface area contributed by atoms with Crippen LogP contribution in [0.3, 0.4) is 0 Å². The molecule has 1 N–H and O–H groups in total. The molecule has 5 nitrogen and oxygen atoms in total. The van der Waals surface area contributed by atoms with Crippen LogP contribution in [0.25, 0.3) is 0 Å². The summed E-state index contributed by atoms with van der Waals surface area (Å²) in [7, 11) is 0. The number of hydrogen-bond donors (Lipinski definition) is 1. The molecular formula is C21H24N2O3. The third kappa shape index (κ3) is 3.87. The Morgan fingerprint density at radius 1 is 1.23 bits per heavy atom. The molecule has 0 unspecified atom stereocenters. The number of ether oxygens (including phenoxy) is 1. The monoisotopic (exact) mass is 352 g/mol. The summed E-state index contributed by atoms with van der Waals surface area (Å²) in [5.41, 5.74) is 2.83. The van der Waals surface area contributed by atoms with E-state index >= 15 is 0 Å². The molecule has 3 rings (SSSR count). The van der Waals surface area contributed by atoms with Crippen LogP contribution in [0.5, 0.6) is 5.75 Å². The molecule has 1 aliphatic rings. The SMILES string of the molecule is Cc1ccc2c(c1)N(CCC(=O)N[C@H](C)c1ccccc1)C(=O)[C@H](C)O2. The molecule has 2 aromatic carbocycles. The summed E-state index contributed by atoms with van der Waals surface area (Å²) in [6, 6.07) is 15.5. The van der Waals surface area contributed by atoms with Gasteiger partial charge in [0.05, 0.1) is 11.7 Å². The van der Waals surface area contributed by atoms with Gasteiger partial charge in [-0.15, -0.1) is 0 Å². The molecule has 0 bridgehead atoms. The molecule has 5 heteroatoms. The summed E-state index contributed by atoms with van der Waals surface area (Å²) in [5, 5.41) is 2.99. The van der Waals surface area contributed by atoms with Crippen LogP contribution in [0.15, 0.2) is 48.5 Å². The highest BCUT2D eigenvalue weighted by molar-refractivity contribution is 6.00. The molecule has 0 aliphatic carbocycles. The average Bonchev–Trinajstić information content (AvgIpc) is 2.63. The zero-order chi connectivity index (χ0) is 18.7. The number of benzene rings is 2. The van der Waals surface area contributed by atoms with Gasteiger partial charge in [-0.2, -0.15) is 0 Å². The summed E-state index contributed by atoms with van der Waals surface area (Å²) in [6.07, 6.45) is -0.306. The van der Waals surface area contributed by atoms with E-state index in [2.05, 4.69) is 5.32 Å². The van der Waals surface area contributed by atoms with E-state index in [1.807, 2.05) is 62.4 Å². The second-order valence-corrected chi connectivity index (χ2v) is 6.67. The van der Waals surface area contributed by atoms with Gasteiger partial charge in [0.15, 0.2) is 6.10 Å². The second kappa shape index (κ2) is 7.60. The number of amides is 2. The van der Waals surface area contributed by atoms with E-state index in [0.717, 1.165) is 16.8 Å². The molecule has 136 valence electrons. The van der Waals surface area contributed by atoms with Crippen molar-refractivity contribution in [2.45, 2.75) is 39.3 Å². The number of aryl methyl sites for hydroxylation is 1. The van der Waals surface area contributed by atoms with Crippen LogP contribution in [0.2, 0.25) is 0 Å². The second-order valence-electron chi connectivity index (χ2n) is 6.67. The van der Waals surface area contributed by atoms with Gasteiger partial charge < -0.3 is 15.0 Å². The number of nitrogens with one attached hydrogen (secondary N) is 1. The molecule has 0 aromatic heterocycles. The topological polar surface area (TPSA) is 58.6 Å². The third-order valence-corrected chi connectivity index (χ3v) is 4.56. The largest absolute Gasteiger partial charge is 0.479 e. The quantitative estimate of drug-likeness (QED) is 0.897. The highest BCUT2D eigenvalue weighted by Crippen LogP contribution is 2.34. The van der Waals surface area contributed by atoms with Gasteiger partial charge in [-0.25, -0.2) is 0 Å². The van der Waals surface area contributed by atoms with E-state index in [0.29, 0.717) is 12.3 Å². The van der Waals surface area contributed by atoms with E-state index in [-0.39, 0.29) is 24.3 Å². The van der Waals surface area contributed by atoms with Crippen molar-refractivity contribution in [2.24, 2.45) is 0 Å². The first-order valence-electron chi connectivity index (χ1n) is 8.88. The van der Waals surface area contributed by atoms with Crippen molar-refractivity contribution >= 4 is 17.5 Å². The van der Waals surface area contributed by atoms with Crippen molar-refractivity contribution in [3.8, 4) is 5.75 Å². The molecule has 2 amide bonds. The van der Waals surface area contributed by atoms with Crippen molar-refractivity contribution in [1.82, 2.24) is 5.32 Å². The van der Waals surface area contributed by atoms with Crippen LogP contribution >= 0.6 is 0 Å². The Labute approximate surface area is 154 Å². The molecule has 1 heterocycles. The Morgan fingerprint density at radius 3 is 2.69 bits per heavy atom. The Bertz CT molecular complexity index is 804. The third-order valence-electron chi connectivity index (χ3n) is 4.56. The molecule has 0 radical (unpaired) electrons. The number of rotatable bonds is 5. The van der Waals surface area contributed by atoms with E-state index in [1.165, 1.54) is 0 Å². The number of hydrogen-bond acceptors (Lipinski definition) is 3. The van der Waals surface area contributed by atoms with Crippen LogP contribution in [0, 0.1) is 6.92 Å². The van der Waals surface area contributed by atoms with Crippen molar-refractivity contribution in [1.29, 1.82) is 0 Å². The predicted octanol–water partition coefficient (Wildman–Crippen LogP) is 3.38. The molecule has 0 fully saturated rings. The molecule has 2 atom stereocenters. The van der Waals surface area contributed by atoms with Crippen LogP contribution in [-0.4, -0.2) is 24.5 Å². The maximum atomic E-state index is 12.5. The lowest BCUT2D eigenvalue weighted by Gasteiger charge is -2.33. The fourth-order valence-corrected chi connectivity index (χ4v) is 3.10. The lowest BCUT2D eigenvalue weighted by atomic mass is 10.1. The highest BCUT2D eigenvalue weighted by atomic mass is 16.5. The summed E-state index contributed by atoms with van der Waals surface area (Å²) in [5.74, 6) is 0.482. The molecule has 0 saturated carbocycles. The van der Waals surface area contributed by atoms with E-state index in [4.69, 9.17) is 4.74 Å². The Hall–Kier alpha value is -2.82. The molecule has 0 saturated heterocycles. The predicted molar refractivity (Wildman–Crippen MR) is 101 cm³/mol. The number of carbonyl (C=O) groups excluding carboxylic acids is 2. The van der Waals surface area contributed by atoms with Crippen LogP contribution in [0.1, 0.15) is 37.4 Å². The minimum atomic E-state index is -0.545. The molecule has 1 aliphatic heterocycles. The van der Waals surface area contributed by atoms with Crippen LogP contribution in [0.4, 0.5) is 5.69 Å². The maximum Gasteiger partial charge on any atom is 0.267 e. The highest BCUT2D eigenvalue weighted by Gasteiger charge is 2.31. The van der Waals surface area contributed by atoms with Gasteiger partial charge in [-0.05, 0) is 44.0 Å². The molecule has 0 spiro atoms. The smallest absolute Gasteiger partial charge is 0.267 e. The zero-order valence-electron chi connectivity index (χ0n) is 15.4. The minimum Gasteiger partial charge on any atom is -0.479 e. The Kier molecular flexibility index (Phi) is 5.26. The fraction of sp³-hybridized carbons (Fsp3) is 0.333. The summed E-state index contributed by atoms with van der Waals surface area (Å²) >= 11 is 0. The van der Waals surface area contributed by atoms with Gasteiger partial charge in [0.1, 0.15) is 5.75 Å². The molecule has 2 aromatic rings. The maximum absolute atomic E-state index is 12.5. The van der Waals surface area contributed by atoms with Gasteiger partial charge in [0.2, 0.25) is 5.91 Å². The standard InChI is InChI=1S/C21H24N2O3/c1-14-9-10-19-18(13-14)23(21(25)16(3)26-19)12-11-20(24)22-15(2)17-7-5-4-6-8-17/h4-10,13,15-16H,11-12H2,1-3H3,(H,22,24)/t15-,16+/m1/s1.